The maximum absolute atomic E-state index is 11.7. The molecule has 1 saturated carbocycles. The van der Waals surface area contributed by atoms with Crippen LogP contribution in [0.4, 0.5) is 5.69 Å². The highest BCUT2D eigenvalue weighted by molar-refractivity contribution is 7.89. The molecule has 0 saturated heterocycles. The quantitative estimate of drug-likeness (QED) is 0.725. The number of carbonyl (C=O) groups is 1. The predicted octanol–water partition coefficient (Wildman–Crippen LogP) is 0.400. The third-order valence-corrected chi connectivity index (χ3v) is 4.01. The lowest BCUT2D eigenvalue weighted by molar-refractivity contribution is -0.116. The molecule has 1 amide bonds. The van der Waals surface area contributed by atoms with Crippen molar-refractivity contribution < 1.29 is 13.2 Å². The summed E-state index contributed by atoms with van der Waals surface area (Å²) in [5, 5.41) is 7.65. The van der Waals surface area contributed by atoms with Gasteiger partial charge < -0.3 is 11.1 Å². The minimum atomic E-state index is -3.76. The van der Waals surface area contributed by atoms with Crippen molar-refractivity contribution in [3.63, 3.8) is 0 Å². The topological polar surface area (TPSA) is 115 Å². The standard InChI is InChI=1S/C12H17N3O3S/c13-11(8-4-5-8)7-12(16)15-9-2-1-3-10(6-9)19(14,17)18/h1-3,6,8,11H,4-5,7,13H2,(H,15,16)(H2,14,17,18). The van der Waals surface area contributed by atoms with Crippen molar-refractivity contribution in [2.45, 2.75) is 30.2 Å². The van der Waals surface area contributed by atoms with Crippen LogP contribution >= 0.6 is 0 Å². The Hall–Kier alpha value is -1.44. The Bertz CT molecular complexity index is 582. The highest BCUT2D eigenvalue weighted by Crippen LogP contribution is 2.32. The molecule has 1 atom stereocenters. The number of anilines is 1. The van der Waals surface area contributed by atoms with Gasteiger partial charge in [0.1, 0.15) is 0 Å². The first-order valence-corrected chi connectivity index (χ1v) is 7.59. The van der Waals surface area contributed by atoms with Crippen LogP contribution in [0, 0.1) is 5.92 Å². The number of benzene rings is 1. The Morgan fingerprint density at radius 2 is 2.11 bits per heavy atom. The smallest absolute Gasteiger partial charge is 0.238 e. The Labute approximate surface area is 112 Å². The maximum Gasteiger partial charge on any atom is 0.238 e. The molecular formula is C12H17N3O3S. The van der Waals surface area contributed by atoms with Crippen molar-refractivity contribution in [2.75, 3.05) is 5.32 Å². The van der Waals surface area contributed by atoms with E-state index in [1.165, 1.54) is 18.2 Å². The number of amides is 1. The zero-order valence-electron chi connectivity index (χ0n) is 10.4. The summed E-state index contributed by atoms with van der Waals surface area (Å²) in [4.78, 5) is 11.7. The van der Waals surface area contributed by atoms with E-state index in [4.69, 9.17) is 10.9 Å². The van der Waals surface area contributed by atoms with E-state index >= 15 is 0 Å². The second-order valence-electron chi connectivity index (χ2n) is 4.83. The molecule has 0 spiro atoms. The van der Waals surface area contributed by atoms with E-state index in [9.17, 15) is 13.2 Å². The summed E-state index contributed by atoms with van der Waals surface area (Å²) < 4.78 is 22.4. The number of nitrogens with two attached hydrogens (primary N) is 2. The van der Waals surface area contributed by atoms with Crippen LogP contribution in [0.2, 0.25) is 0 Å². The highest BCUT2D eigenvalue weighted by Gasteiger charge is 2.29. The lowest BCUT2D eigenvalue weighted by atomic mass is 10.1. The second-order valence-corrected chi connectivity index (χ2v) is 6.39. The van der Waals surface area contributed by atoms with Crippen LogP contribution in [-0.4, -0.2) is 20.4 Å². The fourth-order valence-corrected chi connectivity index (χ4v) is 2.43. The van der Waals surface area contributed by atoms with Crippen LogP contribution in [0.1, 0.15) is 19.3 Å². The van der Waals surface area contributed by atoms with Crippen molar-refractivity contribution in [2.24, 2.45) is 16.8 Å². The molecule has 1 fully saturated rings. The Morgan fingerprint density at radius 3 is 2.68 bits per heavy atom. The van der Waals surface area contributed by atoms with Gasteiger partial charge in [0.2, 0.25) is 15.9 Å². The van der Waals surface area contributed by atoms with Gasteiger partial charge in [-0.25, -0.2) is 13.6 Å². The van der Waals surface area contributed by atoms with Crippen molar-refractivity contribution >= 4 is 21.6 Å². The lowest BCUT2D eigenvalue weighted by Gasteiger charge is -2.11. The van der Waals surface area contributed by atoms with Crippen molar-refractivity contribution in [1.29, 1.82) is 0 Å². The maximum atomic E-state index is 11.7. The molecule has 0 heterocycles. The van der Waals surface area contributed by atoms with Gasteiger partial charge in [-0.3, -0.25) is 4.79 Å². The fraction of sp³-hybridized carbons (Fsp3) is 0.417. The average Bonchev–Trinajstić information content (AvgIpc) is 3.11. The number of carbonyl (C=O) groups excluding carboxylic acids is 1. The van der Waals surface area contributed by atoms with Gasteiger partial charge in [0.15, 0.2) is 0 Å². The Kier molecular flexibility index (Phi) is 3.88. The zero-order valence-corrected chi connectivity index (χ0v) is 11.2. The monoisotopic (exact) mass is 283 g/mol. The number of primary sulfonamides is 1. The van der Waals surface area contributed by atoms with E-state index in [1.54, 1.807) is 6.07 Å². The van der Waals surface area contributed by atoms with E-state index in [1.807, 2.05) is 0 Å². The molecule has 1 aromatic rings. The van der Waals surface area contributed by atoms with E-state index in [0.717, 1.165) is 12.8 Å². The fourth-order valence-electron chi connectivity index (χ4n) is 1.87. The van der Waals surface area contributed by atoms with E-state index in [0.29, 0.717) is 11.6 Å². The third-order valence-electron chi connectivity index (χ3n) is 3.09. The zero-order chi connectivity index (χ0) is 14.0. The van der Waals surface area contributed by atoms with Gasteiger partial charge in [0, 0.05) is 18.2 Å². The normalized spacial score (nSPS) is 16.9. The summed E-state index contributed by atoms with van der Waals surface area (Å²) in [5.41, 5.74) is 6.26. The molecule has 0 radical (unpaired) electrons. The van der Waals surface area contributed by atoms with Crippen LogP contribution in [0.25, 0.3) is 0 Å². The molecule has 1 aromatic carbocycles. The minimum absolute atomic E-state index is 0.0307. The van der Waals surface area contributed by atoms with Crippen molar-refractivity contribution in [3.8, 4) is 0 Å². The molecule has 6 nitrogen and oxygen atoms in total. The molecule has 2 rings (SSSR count). The molecule has 1 unspecified atom stereocenters. The third kappa shape index (κ3) is 4.02. The van der Waals surface area contributed by atoms with Crippen LogP contribution < -0.4 is 16.2 Å². The summed E-state index contributed by atoms with van der Waals surface area (Å²) in [7, 11) is -3.76. The molecule has 19 heavy (non-hydrogen) atoms. The van der Waals surface area contributed by atoms with E-state index in [-0.39, 0.29) is 23.3 Å². The van der Waals surface area contributed by atoms with Gasteiger partial charge in [0.05, 0.1) is 4.90 Å². The summed E-state index contributed by atoms with van der Waals surface area (Å²) in [6.07, 6.45) is 2.40. The second kappa shape index (κ2) is 5.28. The summed E-state index contributed by atoms with van der Waals surface area (Å²) in [6.45, 7) is 0. The average molecular weight is 283 g/mol. The van der Waals surface area contributed by atoms with Gasteiger partial charge in [-0.05, 0) is 37.0 Å². The van der Waals surface area contributed by atoms with Gasteiger partial charge in [0.25, 0.3) is 0 Å². The molecule has 1 aliphatic rings. The largest absolute Gasteiger partial charge is 0.327 e. The minimum Gasteiger partial charge on any atom is -0.327 e. The number of hydrogen-bond donors (Lipinski definition) is 3. The summed E-state index contributed by atoms with van der Waals surface area (Å²) in [6, 6.07) is 5.71. The van der Waals surface area contributed by atoms with E-state index in [2.05, 4.69) is 5.32 Å². The lowest BCUT2D eigenvalue weighted by Crippen LogP contribution is -2.28. The first-order valence-electron chi connectivity index (χ1n) is 6.04. The van der Waals surface area contributed by atoms with Crippen LogP contribution in [0.5, 0.6) is 0 Å². The highest BCUT2D eigenvalue weighted by atomic mass is 32.2. The molecule has 1 aliphatic carbocycles. The van der Waals surface area contributed by atoms with Gasteiger partial charge in [-0.15, -0.1) is 0 Å². The first kappa shape index (κ1) is 14.0. The van der Waals surface area contributed by atoms with Gasteiger partial charge >= 0.3 is 0 Å². The number of sulfonamides is 1. The molecule has 104 valence electrons. The Morgan fingerprint density at radius 1 is 1.42 bits per heavy atom. The summed E-state index contributed by atoms with van der Waals surface area (Å²) >= 11 is 0. The molecular weight excluding hydrogens is 266 g/mol. The van der Waals surface area contributed by atoms with Crippen LogP contribution in [0.3, 0.4) is 0 Å². The van der Waals surface area contributed by atoms with Crippen LogP contribution in [-0.2, 0) is 14.8 Å². The SMILES string of the molecule is NC(CC(=O)Nc1cccc(S(N)(=O)=O)c1)C1CC1. The number of rotatable bonds is 5. The molecule has 0 aliphatic heterocycles. The van der Waals surface area contributed by atoms with Crippen LogP contribution in [0.15, 0.2) is 29.2 Å². The molecule has 7 heteroatoms. The predicted molar refractivity (Wildman–Crippen MR) is 71.8 cm³/mol. The molecule has 0 bridgehead atoms. The first-order chi connectivity index (χ1) is 8.86. The summed E-state index contributed by atoms with van der Waals surface area (Å²) in [5.74, 6) is 0.229. The molecule has 5 N–H and O–H groups in total. The van der Waals surface area contributed by atoms with E-state index < -0.39 is 10.0 Å². The van der Waals surface area contributed by atoms with Gasteiger partial charge in [-0.2, -0.15) is 0 Å². The molecule has 0 aromatic heterocycles. The van der Waals surface area contributed by atoms with Crippen molar-refractivity contribution in [3.05, 3.63) is 24.3 Å². The van der Waals surface area contributed by atoms with Gasteiger partial charge in [-0.1, -0.05) is 6.07 Å². The Balaban J connectivity index is 2.00. The van der Waals surface area contributed by atoms with Crippen molar-refractivity contribution in [1.82, 2.24) is 0 Å². The number of hydrogen-bond acceptors (Lipinski definition) is 4. The number of nitrogens with one attached hydrogen (secondary N) is 1.